The SMILES string of the molecule is CCCCCCOc1ccc(C(=O)NNC(=O)c2ccccc2Cl)cc1OC. The molecular formula is C21H25ClN2O4. The van der Waals surface area contributed by atoms with Crippen LogP contribution in [-0.2, 0) is 0 Å². The summed E-state index contributed by atoms with van der Waals surface area (Å²) in [6.07, 6.45) is 4.43. The van der Waals surface area contributed by atoms with E-state index in [1.54, 1.807) is 42.5 Å². The highest BCUT2D eigenvalue weighted by Gasteiger charge is 2.14. The molecule has 150 valence electrons. The second kappa shape index (κ2) is 11.2. The number of amides is 2. The maximum Gasteiger partial charge on any atom is 0.271 e. The lowest BCUT2D eigenvalue weighted by atomic mass is 10.2. The molecule has 0 aliphatic heterocycles. The van der Waals surface area contributed by atoms with E-state index in [4.69, 9.17) is 21.1 Å². The number of halogens is 1. The summed E-state index contributed by atoms with van der Waals surface area (Å²) >= 11 is 5.97. The van der Waals surface area contributed by atoms with Crippen LogP contribution in [0.3, 0.4) is 0 Å². The number of rotatable bonds is 9. The smallest absolute Gasteiger partial charge is 0.271 e. The van der Waals surface area contributed by atoms with Crippen molar-refractivity contribution in [3.63, 3.8) is 0 Å². The molecule has 2 amide bonds. The van der Waals surface area contributed by atoms with Crippen LogP contribution in [0.1, 0.15) is 53.3 Å². The van der Waals surface area contributed by atoms with Crippen molar-refractivity contribution in [2.75, 3.05) is 13.7 Å². The third-order valence-corrected chi connectivity index (χ3v) is 4.42. The van der Waals surface area contributed by atoms with E-state index in [0.29, 0.717) is 28.7 Å². The van der Waals surface area contributed by atoms with Crippen LogP contribution in [0.5, 0.6) is 11.5 Å². The van der Waals surface area contributed by atoms with Crippen LogP contribution in [0.15, 0.2) is 42.5 Å². The minimum absolute atomic E-state index is 0.272. The minimum Gasteiger partial charge on any atom is -0.493 e. The molecule has 0 aliphatic carbocycles. The fourth-order valence-electron chi connectivity index (χ4n) is 2.54. The van der Waals surface area contributed by atoms with Crippen molar-refractivity contribution in [3.8, 4) is 11.5 Å². The Morgan fingerprint density at radius 2 is 1.71 bits per heavy atom. The van der Waals surface area contributed by atoms with E-state index in [1.165, 1.54) is 20.0 Å². The lowest BCUT2D eigenvalue weighted by Crippen LogP contribution is -2.41. The number of methoxy groups -OCH3 is 1. The van der Waals surface area contributed by atoms with Crippen LogP contribution in [0.2, 0.25) is 5.02 Å². The zero-order valence-corrected chi connectivity index (χ0v) is 16.8. The highest BCUT2D eigenvalue weighted by atomic mass is 35.5. The Bertz CT molecular complexity index is 811. The standard InChI is InChI=1S/C21H25ClN2O4/c1-3-4-5-8-13-28-18-12-11-15(14-19(18)27-2)20(25)23-24-21(26)16-9-6-7-10-17(16)22/h6-7,9-12,14H,3-5,8,13H2,1-2H3,(H,23,25)(H,24,26). The van der Waals surface area contributed by atoms with E-state index < -0.39 is 11.8 Å². The van der Waals surface area contributed by atoms with Gasteiger partial charge in [-0.1, -0.05) is 49.9 Å². The van der Waals surface area contributed by atoms with E-state index in [0.717, 1.165) is 12.8 Å². The van der Waals surface area contributed by atoms with Gasteiger partial charge in [0, 0.05) is 5.56 Å². The Morgan fingerprint density at radius 3 is 2.43 bits per heavy atom. The number of hydrogen-bond donors (Lipinski definition) is 2. The summed E-state index contributed by atoms with van der Waals surface area (Å²) in [5, 5.41) is 0.302. The average Bonchev–Trinajstić information content (AvgIpc) is 2.72. The predicted molar refractivity (Wildman–Crippen MR) is 109 cm³/mol. The first-order valence-electron chi connectivity index (χ1n) is 9.22. The second-order valence-corrected chi connectivity index (χ2v) is 6.57. The first kappa shape index (κ1) is 21.6. The molecule has 0 aliphatic rings. The van der Waals surface area contributed by atoms with Gasteiger partial charge in [0.05, 0.1) is 24.3 Å². The molecule has 0 saturated carbocycles. The molecule has 0 fully saturated rings. The summed E-state index contributed by atoms with van der Waals surface area (Å²) in [5.41, 5.74) is 5.32. The molecule has 2 rings (SSSR count). The molecule has 0 aromatic heterocycles. The monoisotopic (exact) mass is 404 g/mol. The van der Waals surface area contributed by atoms with Gasteiger partial charge in [-0.05, 0) is 36.8 Å². The van der Waals surface area contributed by atoms with Crippen molar-refractivity contribution in [1.29, 1.82) is 0 Å². The fourth-order valence-corrected chi connectivity index (χ4v) is 2.76. The number of hydrazine groups is 1. The van der Waals surface area contributed by atoms with Gasteiger partial charge in [-0.25, -0.2) is 0 Å². The summed E-state index contributed by atoms with van der Waals surface area (Å²) in [7, 11) is 1.51. The third-order valence-electron chi connectivity index (χ3n) is 4.09. The minimum atomic E-state index is -0.502. The molecule has 0 unspecified atom stereocenters. The van der Waals surface area contributed by atoms with Gasteiger partial charge in [0.1, 0.15) is 0 Å². The van der Waals surface area contributed by atoms with Crippen molar-refractivity contribution < 1.29 is 19.1 Å². The van der Waals surface area contributed by atoms with Gasteiger partial charge >= 0.3 is 0 Å². The number of carbonyl (C=O) groups is 2. The molecule has 0 atom stereocenters. The van der Waals surface area contributed by atoms with Crippen molar-refractivity contribution in [2.45, 2.75) is 32.6 Å². The summed E-state index contributed by atoms with van der Waals surface area (Å²) in [4.78, 5) is 24.4. The molecule has 7 heteroatoms. The largest absolute Gasteiger partial charge is 0.493 e. The van der Waals surface area contributed by atoms with Gasteiger partial charge in [0.15, 0.2) is 11.5 Å². The molecule has 0 spiro atoms. The maximum atomic E-state index is 12.3. The van der Waals surface area contributed by atoms with Crippen LogP contribution in [-0.4, -0.2) is 25.5 Å². The zero-order chi connectivity index (χ0) is 20.4. The third kappa shape index (κ3) is 6.16. The molecule has 2 aromatic rings. The van der Waals surface area contributed by atoms with Crippen LogP contribution >= 0.6 is 11.6 Å². The van der Waals surface area contributed by atoms with Crippen LogP contribution in [0.4, 0.5) is 0 Å². The van der Waals surface area contributed by atoms with E-state index in [2.05, 4.69) is 17.8 Å². The molecule has 28 heavy (non-hydrogen) atoms. The van der Waals surface area contributed by atoms with Crippen molar-refractivity contribution in [2.24, 2.45) is 0 Å². The molecule has 0 heterocycles. The molecule has 6 nitrogen and oxygen atoms in total. The second-order valence-electron chi connectivity index (χ2n) is 6.16. The maximum absolute atomic E-state index is 12.3. The average molecular weight is 405 g/mol. The fraction of sp³-hybridized carbons (Fsp3) is 0.333. The first-order chi connectivity index (χ1) is 13.6. The number of nitrogens with one attached hydrogen (secondary N) is 2. The lowest BCUT2D eigenvalue weighted by Gasteiger charge is -2.13. The Labute approximate surface area is 170 Å². The van der Waals surface area contributed by atoms with Crippen LogP contribution < -0.4 is 20.3 Å². The van der Waals surface area contributed by atoms with E-state index in [1.807, 2.05) is 0 Å². The van der Waals surface area contributed by atoms with Crippen LogP contribution in [0.25, 0.3) is 0 Å². The molecule has 2 N–H and O–H groups in total. The lowest BCUT2D eigenvalue weighted by molar-refractivity contribution is 0.0846. The zero-order valence-electron chi connectivity index (χ0n) is 16.1. The first-order valence-corrected chi connectivity index (χ1v) is 9.60. The molecule has 0 bridgehead atoms. The van der Waals surface area contributed by atoms with Crippen molar-refractivity contribution in [1.82, 2.24) is 10.9 Å². The quantitative estimate of drug-likeness (QED) is 0.480. The molecule has 0 radical (unpaired) electrons. The Kier molecular flexibility index (Phi) is 8.62. The Morgan fingerprint density at radius 1 is 0.964 bits per heavy atom. The molecule has 0 saturated heterocycles. The number of benzene rings is 2. The number of carbonyl (C=O) groups excluding carboxylic acids is 2. The summed E-state index contributed by atoms with van der Waals surface area (Å²) in [5.74, 6) is 0.0578. The van der Waals surface area contributed by atoms with E-state index >= 15 is 0 Å². The van der Waals surface area contributed by atoms with Crippen molar-refractivity contribution in [3.05, 3.63) is 58.6 Å². The Balaban J connectivity index is 1.94. The number of unbranched alkanes of at least 4 members (excludes halogenated alkanes) is 3. The number of hydrogen-bond acceptors (Lipinski definition) is 4. The van der Waals surface area contributed by atoms with Crippen molar-refractivity contribution >= 4 is 23.4 Å². The Hall–Kier alpha value is -2.73. The van der Waals surface area contributed by atoms with Gasteiger partial charge in [0.25, 0.3) is 11.8 Å². The van der Waals surface area contributed by atoms with Crippen LogP contribution in [0, 0.1) is 0 Å². The molecular weight excluding hydrogens is 380 g/mol. The van der Waals surface area contributed by atoms with Gasteiger partial charge in [-0.2, -0.15) is 0 Å². The van der Waals surface area contributed by atoms with E-state index in [9.17, 15) is 9.59 Å². The van der Waals surface area contributed by atoms with Gasteiger partial charge in [-0.3, -0.25) is 20.4 Å². The summed E-state index contributed by atoms with van der Waals surface area (Å²) in [6, 6.07) is 11.4. The van der Waals surface area contributed by atoms with Gasteiger partial charge in [-0.15, -0.1) is 0 Å². The summed E-state index contributed by atoms with van der Waals surface area (Å²) in [6.45, 7) is 2.75. The van der Waals surface area contributed by atoms with Gasteiger partial charge < -0.3 is 9.47 Å². The highest BCUT2D eigenvalue weighted by Crippen LogP contribution is 2.28. The molecule has 2 aromatic carbocycles. The number of ether oxygens (including phenoxy) is 2. The topological polar surface area (TPSA) is 76.7 Å². The summed E-state index contributed by atoms with van der Waals surface area (Å²) < 4.78 is 11.1. The van der Waals surface area contributed by atoms with Gasteiger partial charge in [0.2, 0.25) is 0 Å². The highest BCUT2D eigenvalue weighted by molar-refractivity contribution is 6.33. The predicted octanol–water partition coefficient (Wildman–Crippen LogP) is 4.38. The normalized spacial score (nSPS) is 10.2. The van der Waals surface area contributed by atoms with E-state index in [-0.39, 0.29) is 5.56 Å².